The first-order chi connectivity index (χ1) is 8.49. The normalized spacial score (nSPS) is 20.3. The predicted octanol–water partition coefficient (Wildman–Crippen LogP) is 1.73. The third-order valence-corrected chi connectivity index (χ3v) is 5.29. The fourth-order valence-electron chi connectivity index (χ4n) is 2.18. The van der Waals surface area contributed by atoms with Gasteiger partial charge in [-0.05, 0) is 42.4 Å². The molecule has 1 heterocycles. The highest BCUT2D eigenvalue weighted by atomic mass is 32.2. The van der Waals surface area contributed by atoms with Crippen LogP contribution in [0.2, 0.25) is 0 Å². The molecule has 5 heteroatoms. The number of hydrogen-bond donors (Lipinski definition) is 2. The Kier molecular flexibility index (Phi) is 2.64. The standard InChI is InChI=1S/C13H18N2O2S/c1-13(5-6-13)9-15-18(16,17)11-3-2-10-4-7-14-12(10)8-11/h2-3,8,14-15H,4-7,9H2,1H3. The molecule has 1 aromatic carbocycles. The minimum Gasteiger partial charge on any atom is -0.384 e. The lowest BCUT2D eigenvalue weighted by atomic mass is 10.2. The smallest absolute Gasteiger partial charge is 0.240 e. The summed E-state index contributed by atoms with van der Waals surface area (Å²) in [6.07, 6.45) is 3.20. The SMILES string of the molecule is CC1(CNS(=O)(=O)c2ccc3c(c2)NCC3)CC1. The summed E-state index contributed by atoms with van der Waals surface area (Å²) in [4.78, 5) is 0.361. The third-order valence-electron chi connectivity index (χ3n) is 3.89. The number of rotatable bonds is 4. The minimum absolute atomic E-state index is 0.183. The molecule has 0 unspecified atom stereocenters. The summed E-state index contributed by atoms with van der Waals surface area (Å²) in [6.45, 7) is 3.55. The Hall–Kier alpha value is -1.07. The minimum atomic E-state index is -3.37. The fourth-order valence-corrected chi connectivity index (χ4v) is 3.41. The molecular formula is C13H18N2O2S. The molecule has 0 atom stereocenters. The second kappa shape index (κ2) is 3.96. The van der Waals surface area contributed by atoms with Crippen LogP contribution in [0.5, 0.6) is 0 Å². The average molecular weight is 266 g/mol. The molecule has 1 aromatic rings. The van der Waals surface area contributed by atoms with E-state index in [-0.39, 0.29) is 5.41 Å². The monoisotopic (exact) mass is 266 g/mol. The Morgan fingerprint density at radius 1 is 1.39 bits per heavy atom. The van der Waals surface area contributed by atoms with Crippen molar-refractivity contribution in [3.8, 4) is 0 Å². The molecule has 1 aliphatic carbocycles. The van der Waals surface area contributed by atoms with Crippen molar-refractivity contribution < 1.29 is 8.42 Å². The average Bonchev–Trinajstić information content (AvgIpc) is 2.91. The molecule has 0 bridgehead atoms. The number of hydrogen-bond acceptors (Lipinski definition) is 3. The van der Waals surface area contributed by atoms with Gasteiger partial charge in [0.2, 0.25) is 10.0 Å². The van der Waals surface area contributed by atoms with Crippen molar-refractivity contribution in [1.29, 1.82) is 0 Å². The molecule has 0 aromatic heterocycles. The first-order valence-electron chi connectivity index (χ1n) is 6.35. The molecule has 0 amide bonds. The zero-order valence-electron chi connectivity index (χ0n) is 10.5. The molecule has 1 aliphatic heterocycles. The van der Waals surface area contributed by atoms with Gasteiger partial charge in [-0.1, -0.05) is 13.0 Å². The van der Waals surface area contributed by atoms with Gasteiger partial charge in [0, 0.05) is 18.8 Å². The van der Waals surface area contributed by atoms with Crippen LogP contribution < -0.4 is 10.0 Å². The van der Waals surface area contributed by atoms with Crippen LogP contribution in [0.15, 0.2) is 23.1 Å². The van der Waals surface area contributed by atoms with Gasteiger partial charge in [-0.2, -0.15) is 0 Å². The Morgan fingerprint density at radius 3 is 2.89 bits per heavy atom. The van der Waals surface area contributed by atoms with E-state index in [0.29, 0.717) is 11.4 Å². The van der Waals surface area contributed by atoms with Gasteiger partial charge in [-0.3, -0.25) is 0 Å². The summed E-state index contributed by atoms with van der Waals surface area (Å²) in [7, 11) is -3.37. The molecule has 3 rings (SSSR count). The van der Waals surface area contributed by atoms with E-state index in [1.165, 1.54) is 5.56 Å². The van der Waals surface area contributed by atoms with Gasteiger partial charge >= 0.3 is 0 Å². The highest BCUT2D eigenvalue weighted by Crippen LogP contribution is 2.44. The van der Waals surface area contributed by atoms with Crippen molar-refractivity contribution in [2.75, 3.05) is 18.4 Å². The first-order valence-corrected chi connectivity index (χ1v) is 7.83. The lowest BCUT2D eigenvalue weighted by Crippen LogP contribution is -2.29. The van der Waals surface area contributed by atoms with Crippen molar-refractivity contribution in [2.45, 2.75) is 31.1 Å². The molecule has 1 fully saturated rings. The number of fused-ring (bicyclic) bond motifs is 1. The van der Waals surface area contributed by atoms with Crippen LogP contribution in [0.4, 0.5) is 5.69 Å². The molecule has 98 valence electrons. The predicted molar refractivity (Wildman–Crippen MR) is 71.2 cm³/mol. The second-order valence-electron chi connectivity index (χ2n) is 5.63. The van der Waals surface area contributed by atoms with Crippen molar-refractivity contribution in [1.82, 2.24) is 4.72 Å². The summed E-state index contributed by atoms with van der Waals surface area (Å²) in [5, 5.41) is 3.21. The van der Waals surface area contributed by atoms with Crippen LogP contribution in [-0.4, -0.2) is 21.5 Å². The van der Waals surface area contributed by atoms with Crippen LogP contribution in [-0.2, 0) is 16.4 Å². The molecule has 1 saturated carbocycles. The Bertz CT molecular complexity index is 577. The first kappa shape index (κ1) is 12.0. The fraction of sp³-hybridized carbons (Fsp3) is 0.538. The van der Waals surface area contributed by atoms with Gasteiger partial charge in [0.15, 0.2) is 0 Å². The van der Waals surface area contributed by atoms with E-state index < -0.39 is 10.0 Å². The van der Waals surface area contributed by atoms with E-state index in [1.807, 2.05) is 6.07 Å². The van der Waals surface area contributed by atoms with Crippen molar-refractivity contribution in [3.63, 3.8) is 0 Å². The van der Waals surface area contributed by atoms with E-state index in [0.717, 1.165) is 31.5 Å². The van der Waals surface area contributed by atoms with E-state index in [4.69, 9.17) is 0 Å². The van der Waals surface area contributed by atoms with Crippen molar-refractivity contribution >= 4 is 15.7 Å². The van der Waals surface area contributed by atoms with Crippen molar-refractivity contribution in [3.05, 3.63) is 23.8 Å². The van der Waals surface area contributed by atoms with Crippen LogP contribution in [0.3, 0.4) is 0 Å². The maximum atomic E-state index is 12.2. The highest BCUT2D eigenvalue weighted by molar-refractivity contribution is 7.89. The van der Waals surface area contributed by atoms with E-state index in [9.17, 15) is 8.42 Å². The molecular weight excluding hydrogens is 248 g/mol. The van der Waals surface area contributed by atoms with Gasteiger partial charge in [0.05, 0.1) is 4.90 Å². The highest BCUT2D eigenvalue weighted by Gasteiger charge is 2.38. The lowest BCUT2D eigenvalue weighted by molar-refractivity contribution is 0.530. The topological polar surface area (TPSA) is 58.2 Å². The van der Waals surface area contributed by atoms with E-state index in [2.05, 4.69) is 17.0 Å². The van der Waals surface area contributed by atoms with Crippen LogP contribution in [0, 0.1) is 5.41 Å². The lowest BCUT2D eigenvalue weighted by Gasteiger charge is -2.11. The quantitative estimate of drug-likeness (QED) is 0.872. The Labute approximate surface area is 108 Å². The Morgan fingerprint density at radius 2 is 2.17 bits per heavy atom. The van der Waals surface area contributed by atoms with E-state index >= 15 is 0 Å². The molecule has 2 aliphatic rings. The molecule has 0 spiro atoms. The zero-order valence-corrected chi connectivity index (χ0v) is 11.3. The molecule has 4 nitrogen and oxygen atoms in total. The molecule has 18 heavy (non-hydrogen) atoms. The number of benzene rings is 1. The van der Waals surface area contributed by atoms with E-state index in [1.54, 1.807) is 12.1 Å². The number of nitrogens with one attached hydrogen (secondary N) is 2. The summed E-state index contributed by atoms with van der Waals surface area (Å²) in [5.74, 6) is 0. The molecule has 2 N–H and O–H groups in total. The van der Waals surface area contributed by atoms with Gasteiger partial charge in [0.1, 0.15) is 0 Å². The van der Waals surface area contributed by atoms with Gasteiger partial charge in [-0.25, -0.2) is 13.1 Å². The molecule has 0 saturated heterocycles. The zero-order chi connectivity index (χ0) is 12.8. The van der Waals surface area contributed by atoms with Crippen molar-refractivity contribution in [2.24, 2.45) is 5.41 Å². The van der Waals surface area contributed by atoms with Gasteiger partial charge < -0.3 is 5.32 Å². The van der Waals surface area contributed by atoms with Gasteiger partial charge in [-0.15, -0.1) is 0 Å². The third kappa shape index (κ3) is 2.24. The number of sulfonamides is 1. The summed E-state index contributed by atoms with van der Waals surface area (Å²) < 4.78 is 27.0. The van der Waals surface area contributed by atoms with Crippen LogP contribution in [0.25, 0.3) is 0 Å². The summed E-state index contributed by atoms with van der Waals surface area (Å²) in [6, 6.07) is 5.34. The molecule has 0 radical (unpaired) electrons. The summed E-state index contributed by atoms with van der Waals surface area (Å²) in [5.41, 5.74) is 2.33. The second-order valence-corrected chi connectivity index (χ2v) is 7.40. The largest absolute Gasteiger partial charge is 0.384 e. The maximum Gasteiger partial charge on any atom is 0.240 e. The number of anilines is 1. The summed E-state index contributed by atoms with van der Waals surface area (Å²) >= 11 is 0. The van der Waals surface area contributed by atoms with Crippen LogP contribution in [0.1, 0.15) is 25.3 Å². The Balaban J connectivity index is 1.80. The van der Waals surface area contributed by atoms with Crippen LogP contribution >= 0.6 is 0 Å². The van der Waals surface area contributed by atoms with Gasteiger partial charge in [0.25, 0.3) is 0 Å². The maximum absolute atomic E-state index is 12.2.